The number of nitrogen functional groups attached to an aromatic ring is 1. The minimum absolute atomic E-state index is 0.448. The zero-order valence-electron chi connectivity index (χ0n) is 17.6. The number of hydrogen-bond donors (Lipinski definition) is 2. The summed E-state index contributed by atoms with van der Waals surface area (Å²) in [5, 5.41) is 8.79. The van der Waals surface area contributed by atoms with E-state index in [1.54, 1.807) is 0 Å². The van der Waals surface area contributed by atoms with Gasteiger partial charge in [-0.05, 0) is 42.0 Å². The van der Waals surface area contributed by atoms with E-state index < -0.39 is 0 Å². The Kier molecular flexibility index (Phi) is 5.09. The molecule has 0 aliphatic carbocycles. The second kappa shape index (κ2) is 8.35. The molecule has 8 heteroatoms. The summed E-state index contributed by atoms with van der Waals surface area (Å²) in [5.41, 5.74) is 10.6. The SMILES string of the molecule is CN(c1ccc2c(cnn2Cc2ccccc2)c1)c1ncnc(Nc2cccc(N)c2)n1. The molecule has 3 N–H and O–H groups in total. The number of rotatable bonds is 6. The van der Waals surface area contributed by atoms with Crippen molar-refractivity contribution in [1.82, 2.24) is 24.7 Å². The topological polar surface area (TPSA) is 97.8 Å². The molecule has 0 aliphatic heterocycles. The standard InChI is InChI=1S/C24H22N8/c1-31(24-27-16-26-23(30-24)29-20-9-5-8-19(25)13-20)21-10-11-22-18(12-21)14-28-32(22)15-17-6-3-2-4-7-17/h2-14,16H,15,25H2,1H3,(H,26,27,29,30). The first kappa shape index (κ1) is 19.5. The number of benzene rings is 3. The van der Waals surface area contributed by atoms with E-state index in [-0.39, 0.29) is 0 Å². The predicted molar refractivity (Wildman–Crippen MR) is 127 cm³/mol. The predicted octanol–water partition coefficient (Wildman–Crippen LogP) is 4.36. The molecule has 158 valence electrons. The fourth-order valence-electron chi connectivity index (χ4n) is 3.54. The van der Waals surface area contributed by atoms with Crippen molar-refractivity contribution < 1.29 is 0 Å². The lowest BCUT2D eigenvalue weighted by atomic mass is 10.2. The normalized spacial score (nSPS) is 10.9. The summed E-state index contributed by atoms with van der Waals surface area (Å²) in [6.45, 7) is 0.728. The minimum Gasteiger partial charge on any atom is -0.399 e. The molecule has 32 heavy (non-hydrogen) atoms. The van der Waals surface area contributed by atoms with Gasteiger partial charge in [0.15, 0.2) is 0 Å². The van der Waals surface area contributed by atoms with Crippen molar-refractivity contribution in [3.05, 3.63) is 90.9 Å². The van der Waals surface area contributed by atoms with Crippen LogP contribution >= 0.6 is 0 Å². The second-order valence-corrected chi connectivity index (χ2v) is 7.45. The molecule has 3 aromatic carbocycles. The maximum Gasteiger partial charge on any atom is 0.234 e. The van der Waals surface area contributed by atoms with Crippen LogP contribution in [0.15, 0.2) is 85.3 Å². The van der Waals surface area contributed by atoms with Gasteiger partial charge in [-0.15, -0.1) is 0 Å². The molecule has 5 aromatic rings. The van der Waals surface area contributed by atoms with Crippen LogP contribution in [0.5, 0.6) is 0 Å². The number of fused-ring (bicyclic) bond motifs is 1. The summed E-state index contributed by atoms with van der Waals surface area (Å²) in [6.07, 6.45) is 3.37. The van der Waals surface area contributed by atoms with Crippen molar-refractivity contribution in [2.75, 3.05) is 23.0 Å². The molecule has 0 fully saturated rings. The highest BCUT2D eigenvalue weighted by Gasteiger charge is 2.12. The highest BCUT2D eigenvalue weighted by molar-refractivity contribution is 5.83. The summed E-state index contributed by atoms with van der Waals surface area (Å²) in [5.74, 6) is 0.978. The van der Waals surface area contributed by atoms with Crippen LogP contribution in [0.2, 0.25) is 0 Å². The third-order valence-corrected chi connectivity index (χ3v) is 5.19. The van der Waals surface area contributed by atoms with E-state index in [1.807, 2.05) is 71.4 Å². The fourth-order valence-corrected chi connectivity index (χ4v) is 3.54. The summed E-state index contributed by atoms with van der Waals surface area (Å²) in [4.78, 5) is 15.0. The summed E-state index contributed by atoms with van der Waals surface area (Å²) >= 11 is 0. The van der Waals surface area contributed by atoms with Gasteiger partial charge in [0.1, 0.15) is 6.33 Å². The van der Waals surface area contributed by atoms with E-state index in [2.05, 4.69) is 49.6 Å². The van der Waals surface area contributed by atoms with Gasteiger partial charge < -0.3 is 16.0 Å². The van der Waals surface area contributed by atoms with E-state index in [0.29, 0.717) is 17.6 Å². The maximum absolute atomic E-state index is 5.85. The van der Waals surface area contributed by atoms with Crippen molar-refractivity contribution in [1.29, 1.82) is 0 Å². The Bertz CT molecular complexity index is 1360. The first-order valence-corrected chi connectivity index (χ1v) is 10.2. The zero-order chi connectivity index (χ0) is 21.9. The highest BCUT2D eigenvalue weighted by Crippen LogP contribution is 2.26. The Morgan fingerprint density at radius 1 is 0.969 bits per heavy atom. The molecule has 0 unspecified atom stereocenters. The van der Waals surface area contributed by atoms with Crippen LogP contribution in [0.25, 0.3) is 10.9 Å². The highest BCUT2D eigenvalue weighted by atomic mass is 15.3. The van der Waals surface area contributed by atoms with E-state index in [1.165, 1.54) is 11.9 Å². The van der Waals surface area contributed by atoms with Crippen LogP contribution in [0, 0.1) is 0 Å². The molecule has 5 rings (SSSR count). The van der Waals surface area contributed by atoms with E-state index in [0.717, 1.165) is 28.8 Å². The monoisotopic (exact) mass is 422 g/mol. The number of nitrogens with one attached hydrogen (secondary N) is 1. The quantitative estimate of drug-likeness (QED) is 0.392. The molecule has 8 nitrogen and oxygen atoms in total. The minimum atomic E-state index is 0.448. The number of nitrogens with two attached hydrogens (primary N) is 1. The van der Waals surface area contributed by atoms with Crippen LogP contribution in [0.3, 0.4) is 0 Å². The first-order chi connectivity index (χ1) is 15.7. The molecule has 0 saturated heterocycles. The maximum atomic E-state index is 5.85. The molecule has 0 amide bonds. The van der Waals surface area contributed by atoms with Gasteiger partial charge >= 0.3 is 0 Å². The van der Waals surface area contributed by atoms with Crippen LogP contribution in [-0.2, 0) is 6.54 Å². The van der Waals surface area contributed by atoms with Crippen LogP contribution < -0.4 is 16.0 Å². The zero-order valence-corrected chi connectivity index (χ0v) is 17.6. The summed E-state index contributed by atoms with van der Waals surface area (Å²) in [7, 11) is 1.93. The Labute approximate surface area is 185 Å². The molecule has 0 aliphatic rings. The van der Waals surface area contributed by atoms with Gasteiger partial charge in [0.05, 0.1) is 18.3 Å². The van der Waals surface area contributed by atoms with Gasteiger partial charge in [-0.1, -0.05) is 36.4 Å². The molecule has 0 bridgehead atoms. The number of nitrogens with zero attached hydrogens (tertiary/aromatic N) is 6. The van der Waals surface area contributed by atoms with Crippen molar-refractivity contribution >= 4 is 39.9 Å². The van der Waals surface area contributed by atoms with Gasteiger partial charge in [-0.2, -0.15) is 10.1 Å². The Balaban J connectivity index is 1.38. The Hall–Kier alpha value is -4.46. The lowest BCUT2D eigenvalue weighted by Crippen LogP contribution is -2.14. The van der Waals surface area contributed by atoms with E-state index >= 15 is 0 Å². The summed E-state index contributed by atoms with van der Waals surface area (Å²) < 4.78 is 2.00. The number of aromatic nitrogens is 5. The van der Waals surface area contributed by atoms with Crippen molar-refractivity contribution in [2.24, 2.45) is 0 Å². The number of anilines is 5. The second-order valence-electron chi connectivity index (χ2n) is 7.45. The van der Waals surface area contributed by atoms with Gasteiger partial charge in [0, 0.05) is 29.5 Å². The molecule has 0 radical (unpaired) electrons. The van der Waals surface area contributed by atoms with Crippen LogP contribution in [0.1, 0.15) is 5.56 Å². The average molecular weight is 422 g/mol. The molecule has 0 atom stereocenters. The largest absolute Gasteiger partial charge is 0.399 e. The lowest BCUT2D eigenvalue weighted by molar-refractivity contribution is 0.712. The smallest absolute Gasteiger partial charge is 0.234 e. The third kappa shape index (κ3) is 4.06. The van der Waals surface area contributed by atoms with Crippen molar-refractivity contribution in [3.8, 4) is 0 Å². The number of hydrogen-bond acceptors (Lipinski definition) is 7. The molecule has 2 heterocycles. The Morgan fingerprint density at radius 3 is 2.69 bits per heavy atom. The molecule has 0 spiro atoms. The molecular weight excluding hydrogens is 400 g/mol. The average Bonchev–Trinajstić information content (AvgIpc) is 3.21. The van der Waals surface area contributed by atoms with Gasteiger partial charge in [0.2, 0.25) is 11.9 Å². The van der Waals surface area contributed by atoms with Gasteiger partial charge in [-0.3, -0.25) is 4.68 Å². The summed E-state index contributed by atoms with van der Waals surface area (Å²) in [6, 6.07) is 23.9. The van der Waals surface area contributed by atoms with E-state index in [9.17, 15) is 0 Å². The first-order valence-electron chi connectivity index (χ1n) is 10.2. The molecule has 0 saturated carbocycles. The van der Waals surface area contributed by atoms with Gasteiger partial charge in [-0.25, -0.2) is 9.97 Å². The Morgan fingerprint density at radius 2 is 1.84 bits per heavy atom. The fraction of sp³-hybridized carbons (Fsp3) is 0.0833. The lowest BCUT2D eigenvalue weighted by Gasteiger charge is -2.17. The van der Waals surface area contributed by atoms with Crippen molar-refractivity contribution in [3.63, 3.8) is 0 Å². The van der Waals surface area contributed by atoms with E-state index in [4.69, 9.17) is 5.73 Å². The van der Waals surface area contributed by atoms with Crippen molar-refractivity contribution in [2.45, 2.75) is 6.54 Å². The third-order valence-electron chi connectivity index (χ3n) is 5.19. The van der Waals surface area contributed by atoms with Crippen LogP contribution in [-0.4, -0.2) is 31.8 Å². The van der Waals surface area contributed by atoms with Crippen LogP contribution in [0.4, 0.5) is 29.0 Å². The van der Waals surface area contributed by atoms with Gasteiger partial charge in [0.25, 0.3) is 0 Å². The molecular formula is C24H22N8. The molecule has 2 aromatic heterocycles.